The van der Waals surface area contributed by atoms with E-state index in [1.54, 1.807) is 13.8 Å². The first kappa shape index (κ1) is 21.2. The van der Waals surface area contributed by atoms with Crippen molar-refractivity contribution in [1.29, 1.82) is 0 Å². The Kier molecular flexibility index (Phi) is 5.57. The second kappa shape index (κ2) is 7.11. The Morgan fingerprint density at radius 2 is 2.07 bits per heavy atom. The van der Waals surface area contributed by atoms with Crippen molar-refractivity contribution in [3.63, 3.8) is 0 Å². The number of aliphatic hydroxyl groups excluding tert-OH is 2. The number of hydrogen-bond donors (Lipinski definition) is 4. The number of hydrogen-bond acceptors (Lipinski definition) is 9. The summed E-state index contributed by atoms with van der Waals surface area (Å²) in [7, 11) is 0. The summed E-state index contributed by atoms with van der Waals surface area (Å²) >= 11 is 0. The standard InChI is InChI=1S/C15H22F2N4O6/c1-6(2)9(19)12(24)26-5-15(17)11(23)10(22)14(3,27-15)21-7(16)4-8(18)20-13(21)25/h4,6,9-11,22-23H,5,19H2,1-3H3,(H2,18,20,25)/t9-,10+,11-,14+,15+/m0/s1. The van der Waals surface area contributed by atoms with Crippen LogP contribution in [0.25, 0.3) is 0 Å². The van der Waals surface area contributed by atoms with Crippen LogP contribution in [-0.4, -0.2) is 56.4 Å². The van der Waals surface area contributed by atoms with Crippen LogP contribution in [0.1, 0.15) is 20.8 Å². The van der Waals surface area contributed by atoms with E-state index in [0.29, 0.717) is 6.07 Å². The molecule has 5 atom stereocenters. The molecule has 2 heterocycles. The molecular weight excluding hydrogens is 370 g/mol. The number of carbonyl (C=O) groups is 1. The summed E-state index contributed by atoms with van der Waals surface area (Å²) in [4.78, 5) is 27.1. The van der Waals surface area contributed by atoms with E-state index in [-0.39, 0.29) is 10.5 Å². The van der Waals surface area contributed by atoms with Gasteiger partial charge in [-0.1, -0.05) is 13.8 Å². The summed E-state index contributed by atoms with van der Waals surface area (Å²) in [6, 6.07) is -0.389. The van der Waals surface area contributed by atoms with E-state index < -0.39 is 59.9 Å². The number of rotatable bonds is 5. The average molecular weight is 392 g/mol. The number of nitrogens with two attached hydrogens (primary N) is 2. The van der Waals surface area contributed by atoms with Crippen LogP contribution in [0, 0.1) is 11.9 Å². The molecule has 0 saturated carbocycles. The Bertz CT molecular complexity index is 790. The van der Waals surface area contributed by atoms with Crippen molar-refractivity contribution in [1.82, 2.24) is 9.55 Å². The number of carbonyl (C=O) groups excluding carboxylic acids is 1. The van der Waals surface area contributed by atoms with E-state index in [1.165, 1.54) is 0 Å². The highest BCUT2D eigenvalue weighted by Crippen LogP contribution is 2.42. The highest BCUT2D eigenvalue weighted by molar-refractivity contribution is 5.75. The summed E-state index contributed by atoms with van der Waals surface area (Å²) in [5.74, 6) is -6.10. The molecule has 0 bridgehead atoms. The molecule has 0 radical (unpaired) electrons. The quantitative estimate of drug-likeness (QED) is 0.348. The van der Waals surface area contributed by atoms with Crippen LogP contribution in [0.15, 0.2) is 10.9 Å². The zero-order chi connectivity index (χ0) is 20.7. The van der Waals surface area contributed by atoms with E-state index >= 15 is 4.39 Å². The molecule has 1 aliphatic heterocycles. The summed E-state index contributed by atoms with van der Waals surface area (Å²) in [5.41, 5.74) is 7.18. The largest absolute Gasteiger partial charge is 0.458 e. The summed E-state index contributed by atoms with van der Waals surface area (Å²) in [5, 5.41) is 20.3. The molecule has 0 aromatic carbocycles. The molecule has 1 saturated heterocycles. The molecule has 1 aliphatic rings. The Labute approximate surface area is 152 Å². The van der Waals surface area contributed by atoms with Gasteiger partial charge in [-0.05, 0) is 12.8 Å². The second-order valence-corrected chi connectivity index (χ2v) is 6.83. The van der Waals surface area contributed by atoms with Crippen LogP contribution in [0.5, 0.6) is 0 Å². The lowest BCUT2D eigenvalue weighted by Gasteiger charge is -2.30. The molecule has 2 rings (SSSR count). The number of anilines is 1. The molecule has 152 valence electrons. The van der Waals surface area contributed by atoms with Gasteiger partial charge in [0.05, 0.1) is 0 Å². The zero-order valence-electron chi connectivity index (χ0n) is 14.9. The zero-order valence-corrected chi connectivity index (χ0v) is 14.9. The molecule has 1 aromatic rings. The maximum absolute atomic E-state index is 15.1. The Balaban J connectivity index is 2.31. The van der Waals surface area contributed by atoms with Gasteiger partial charge in [0.15, 0.2) is 12.3 Å². The number of nitrogen functional groups attached to an aromatic ring is 1. The highest BCUT2D eigenvalue weighted by Gasteiger charge is 2.63. The first-order valence-corrected chi connectivity index (χ1v) is 8.06. The Hall–Kier alpha value is -2.15. The number of nitrogens with zero attached hydrogens (tertiary/aromatic N) is 2. The van der Waals surface area contributed by atoms with Gasteiger partial charge in [-0.3, -0.25) is 4.79 Å². The number of esters is 1. The summed E-state index contributed by atoms with van der Waals surface area (Å²) in [6.07, 6.45) is -4.37. The third-order valence-corrected chi connectivity index (χ3v) is 4.41. The van der Waals surface area contributed by atoms with Gasteiger partial charge in [0.2, 0.25) is 5.95 Å². The molecule has 1 fully saturated rings. The van der Waals surface area contributed by atoms with E-state index in [9.17, 15) is 24.2 Å². The average Bonchev–Trinajstić information content (AvgIpc) is 2.72. The molecule has 0 amide bonds. The lowest BCUT2D eigenvalue weighted by atomic mass is 10.0. The van der Waals surface area contributed by atoms with Crippen molar-refractivity contribution in [2.24, 2.45) is 11.7 Å². The molecule has 0 aliphatic carbocycles. The van der Waals surface area contributed by atoms with Crippen LogP contribution >= 0.6 is 0 Å². The maximum atomic E-state index is 15.1. The molecule has 0 unspecified atom stereocenters. The monoisotopic (exact) mass is 392 g/mol. The smallest absolute Gasteiger partial charge is 0.354 e. The summed E-state index contributed by atoms with van der Waals surface area (Å²) in [6.45, 7) is 3.11. The van der Waals surface area contributed by atoms with Crippen LogP contribution in [0.4, 0.5) is 14.6 Å². The van der Waals surface area contributed by atoms with Gasteiger partial charge in [-0.15, -0.1) is 0 Å². The van der Waals surface area contributed by atoms with Crippen LogP contribution < -0.4 is 17.2 Å². The van der Waals surface area contributed by atoms with Gasteiger partial charge in [0.1, 0.15) is 24.1 Å². The molecule has 0 spiro atoms. The van der Waals surface area contributed by atoms with Gasteiger partial charge in [-0.2, -0.15) is 9.37 Å². The predicted octanol–water partition coefficient (Wildman–Crippen LogP) is -1.42. The lowest BCUT2D eigenvalue weighted by molar-refractivity contribution is -0.247. The topological polar surface area (TPSA) is 163 Å². The van der Waals surface area contributed by atoms with E-state index in [0.717, 1.165) is 6.92 Å². The number of halogens is 2. The fourth-order valence-corrected chi connectivity index (χ4v) is 2.70. The van der Waals surface area contributed by atoms with E-state index in [4.69, 9.17) is 20.9 Å². The first-order valence-electron chi connectivity index (χ1n) is 8.06. The normalized spacial score (nSPS) is 31.9. The fraction of sp³-hybridized carbons (Fsp3) is 0.667. The molecular formula is C15H22F2N4O6. The number of alkyl halides is 1. The minimum absolute atomic E-state index is 0.209. The van der Waals surface area contributed by atoms with Crippen LogP contribution in [0.2, 0.25) is 0 Å². The summed E-state index contributed by atoms with van der Waals surface area (Å²) < 4.78 is 39.2. The van der Waals surface area contributed by atoms with E-state index in [1.807, 2.05) is 0 Å². The predicted molar refractivity (Wildman–Crippen MR) is 87.2 cm³/mol. The highest BCUT2D eigenvalue weighted by atomic mass is 19.2. The number of ether oxygens (including phenoxy) is 2. The number of aromatic nitrogens is 2. The lowest BCUT2D eigenvalue weighted by Crippen LogP contribution is -2.50. The third-order valence-electron chi connectivity index (χ3n) is 4.41. The minimum Gasteiger partial charge on any atom is -0.458 e. The van der Waals surface area contributed by atoms with Crippen LogP contribution in [0.3, 0.4) is 0 Å². The maximum Gasteiger partial charge on any atom is 0.354 e. The fourth-order valence-electron chi connectivity index (χ4n) is 2.70. The molecule has 1 aromatic heterocycles. The van der Waals surface area contributed by atoms with Crippen molar-refractivity contribution in [2.75, 3.05) is 12.3 Å². The molecule has 6 N–H and O–H groups in total. The van der Waals surface area contributed by atoms with Gasteiger partial charge >= 0.3 is 11.7 Å². The van der Waals surface area contributed by atoms with Gasteiger partial charge in [0, 0.05) is 6.07 Å². The van der Waals surface area contributed by atoms with Crippen LogP contribution in [-0.2, 0) is 20.0 Å². The SMILES string of the molecule is CC(C)[C@H](N)C(=O)OC[C@@]1(F)O[C@@](C)(n2c(F)cc(N)nc2=O)[C@H](O)[C@@H]1O. The van der Waals surface area contributed by atoms with E-state index in [2.05, 4.69) is 4.98 Å². The molecule has 27 heavy (non-hydrogen) atoms. The Morgan fingerprint density at radius 3 is 2.59 bits per heavy atom. The van der Waals surface area contributed by atoms with Crippen molar-refractivity contribution in [3.05, 3.63) is 22.5 Å². The van der Waals surface area contributed by atoms with Gasteiger partial charge < -0.3 is 31.2 Å². The molecule has 10 nitrogen and oxygen atoms in total. The van der Waals surface area contributed by atoms with Gasteiger partial charge in [-0.25, -0.2) is 13.8 Å². The third kappa shape index (κ3) is 3.65. The van der Waals surface area contributed by atoms with Crippen molar-refractivity contribution in [3.8, 4) is 0 Å². The first-order chi connectivity index (χ1) is 12.3. The minimum atomic E-state index is -3.13. The second-order valence-electron chi connectivity index (χ2n) is 6.83. The number of aliphatic hydroxyl groups is 2. The van der Waals surface area contributed by atoms with Gasteiger partial charge in [0.25, 0.3) is 5.85 Å². The van der Waals surface area contributed by atoms with Crippen molar-refractivity contribution >= 4 is 11.8 Å². The van der Waals surface area contributed by atoms with Crippen molar-refractivity contribution < 1.29 is 33.3 Å². The molecule has 12 heteroatoms. The Morgan fingerprint density at radius 1 is 1.48 bits per heavy atom. The van der Waals surface area contributed by atoms with Crippen molar-refractivity contribution in [2.45, 2.75) is 50.6 Å².